The highest BCUT2D eigenvalue weighted by Crippen LogP contribution is 2.22. The van der Waals surface area contributed by atoms with Crippen LogP contribution in [0, 0.1) is 0 Å². The molecule has 2 amide bonds. The predicted molar refractivity (Wildman–Crippen MR) is 144 cm³/mol. The van der Waals surface area contributed by atoms with Crippen molar-refractivity contribution in [3.8, 4) is 5.75 Å². The summed E-state index contributed by atoms with van der Waals surface area (Å²) in [5, 5.41) is 2.77. The monoisotopic (exact) mass is 534 g/mol. The number of hydrogen-bond acceptors (Lipinski definition) is 4. The molecule has 9 heteroatoms. The fourth-order valence-electron chi connectivity index (χ4n) is 3.31. The lowest BCUT2D eigenvalue weighted by Crippen LogP contribution is -2.40. The molecule has 0 aliphatic carbocycles. The van der Waals surface area contributed by atoms with Crippen LogP contribution in [0.15, 0.2) is 66.3 Å². The molecule has 208 valence electrons. The van der Waals surface area contributed by atoms with E-state index in [2.05, 4.69) is 10.1 Å². The summed E-state index contributed by atoms with van der Waals surface area (Å²) in [4.78, 5) is 24.7. The first kappa shape index (κ1) is 32.3. The van der Waals surface area contributed by atoms with Gasteiger partial charge in [-0.1, -0.05) is 60.2 Å². The maximum absolute atomic E-state index is 12.2. The number of ether oxygens (including phenoxy) is 2. The van der Waals surface area contributed by atoms with Gasteiger partial charge in [0, 0.05) is 25.2 Å². The second kappa shape index (κ2) is 16.9. The van der Waals surface area contributed by atoms with Gasteiger partial charge in [0.25, 0.3) is 0 Å². The Morgan fingerprint density at radius 2 is 1.74 bits per heavy atom. The van der Waals surface area contributed by atoms with Crippen molar-refractivity contribution in [3.05, 3.63) is 82.9 Å². The van der Waals surface area contributed by atoms with Gasteiger partial charge in [0.15, 0.2) is 0 Å². The number of esters is 1. The molecule has 0 spiro atoms. The van der Waals surface area contributed by atoms with E-state index in [0.29, 0.717) is 18.7 Å². The average Bonchev–Trinajstić information content (AvgIpc) is 2.90. The fraction of sp³-hybridized carbons (Fsp3) is 0.379. The molecule has 0 radical (unpaired) electrons. The molecule has 0 fully saturated rings. The van der Waals surface area contributed by atoms with Gasteiger partial charge in [-0.25, -0.2) is 4.79 Å². The average molecular weight is 535 g/mol. The lowest BCUT2D eigenvalue weighted by molar-refractivity contribution is -0.139. The van der Waals surface area contributed by atoms with Crippen molar-refractivity contribution < 1.29 is 32.2 Å². The summed E-state index contributed by atoms with van der Waals surface area (Å²) in [7, 11) is 3.01. The van der Waals surface area contributed by atoms with Crippen LogP contribution in [0.2, 0.25) is 0 Å². The number of benzene rings is 2. The van der Waals surface area contributed by atoms with Gasteiger partial charge in [0.2, 0.25) is 0 Å². The molecule has 2 aromatic rings. The number of methoxy groups -OCH3 is 2. The predicted octanol–water partition coefficient (Wildman–Crippen LogP) is 6.56. The Morgan fingerprint density at radius 3 is 2.29 bits per heavy atom. The van der Waals surface area contributed by atoms with Gasteiger partial charge in [0.1, 0.15) is 5.75 Å². The molecule has 0 bridgehead atoms. The van der Waals surface area contributed by atoms with Gasteiger partial charge in [-0.2, -0.15) is 13.2 Å². The molecule has 0 saturated carbocycles. The fourth-order valence-corrected chi connectivity index (χ4v) is 3.31. The van der Waals surface area contributed by atoms with E-state index in [1.807, 2.05) is 67.6 Å². The van der Waals surface area contributed by atoms with Crippen molar-refractivity contribution in [1.82, 2.24) is 10.2 Å². The number of amides is 2. The zero-order valence-electron chi connectivity index (χ0n) is 22.6. The van der Waals surface area contributed by atoms with E-state index >= 15 is 0 Å². The van der Waals surface area contributed by atoms with E-state index in [1.165, 1.54) is 12.0 Å². The van der Waals surface area contributed by atoms with Gasteiger partial charge in [-0.05, 0) is 44.0 Å². The number of halogens is 3. The first-order valence-electron chi connectivity index (χ1n) is 12.2. The zero-order valence-corrected chi connectivity index (χ0v) is 22.6. The number of nitrogens with one attached hydrogen (secondary N) is 1. The number of likely N-dealkylation sites (N-methyl/N-ethyl adjacent to an activating group) is 1. The van der Waals surface area contributed by atoms with Crippen LogP contribution in [-0.2, 0) is 22.5 Å². The van der Waals surface area contributed by atoms with E-state index in [-0.39, 0.29) is 25.0 Å². The quantitative estimate of drug-likeness (QED) is 0.277. The van der Waals surface area contributed by atoms with Gasteiger partial charge >= 0.3 is 18.2 Å². The van der Waals surface area contributed by atoms with E-state index in [1.54, 1.807) is 21.0 Å². The number of hydrogen-bond donors (Lipinski definition) is 1. The Bertz CT molecular complexity index is 1070. The largest absolute Gasteiger partial charge is 0.496 e. The van der Waals surface area contributed by atoms with Crippen LogP contribution in [0.1, 0.15) is 43.9 Å². The normalized spacial score (nSPS) is 11.4. The van der Waals surface area contributed by atoms with E-state index < -0.39 is 12.6 Å². The van der Waals surface area contributed by atoms with Crippen LogP contribution in [0.3, 0.4) is 0 Å². The SMILES string of the molecule is C/C=C/c1cc(CC(=O)OC)ccc1OC.CCN(C/C(C)=C/CC(F)(F)F)C(=O)NCc1ccccc1. The Morgan fingerprint density at radius 1 is 1.05 bits per heavy atom. The maximum Gasteiger partial charge on any atom is 0.392 e. The van der Waals surface area contributed by atoms with Crippen LogP contribution in [-0.4, -0.2) is 50.4 Å². The molecule has 0 heterocycles. The van der Waals surface area contributed by atoms with Crippen molar-refractivity contribution in [1.29, 1.82) is 0 Å². The number of carbonyl (C=O) groups excluding carboxylic acids is 2. The van der Waals surface area contributed by atoms with Gasteiger partial charge in [-0.3, -0.25) is 4.79 Å². The van der Waals surface area contributed by atoms with Crippen molar-refractivity contribution in [2.24, 2.45) is 0 Å². The Labute approximate surface area is 223 Å². The highest BCUT2D eigenvalue weighted by atomic mass is 19.4. The first-order valence-corrected chi connectivity index (χ1v) is 12.2. The summed E-state index contributed by atoms with van der Waals surface area (Å²) in [5.41, 5.74) is 3.37. The van der Waals surface area contributed by atoms with Crippen molar-refractivity contribution in [3.63, 3.8) is 0 Å². The van der Waals surface area contributed by atoms with Crippen LogP contribution in [0.4, 0.5) is 18.0 Å². The van der Waals surface area contributed by atoms with Gasteiger partial charge < -0.3 is 19.7 Å². The van der Waals surface area contributed by atoms with Gasteiger partial charge in [-0.15, -0.1) is 0 Å². The van der Waals surface area contributed by atoms with Crippen LogP contribution in [0.25, 0.3) is 6.08 Å². The summed E-state index contributed by atoms with van der Waals surface area (Å²) in [6.45, 7) is 6.33. The topological polar surface area (TPSA) is 67.9 Å². The third-order valence-corrected chi connectivity index (χ3v) is 5.29. The Balaban J connectivity index is 0.000000399. The third kappa shape index (κ3) is 13.0. The molecular weight excluding hydrogens is 497 g/mol. The molecule has 0 aliphatic heterocycles. The minimum Gasteiger partial charge on any atom is -0.496 e. The number of rotatable bonds is 10. The van der Waals surface area contributed by atoms with Crippen LogP contribution >= 0.6 is 0 Å². The number of carbonyl (C=O) groups is 2. The number of nitrogens with zero attached hydrogens (tertiary/aromatic N) is 1. The number of urea groups is 1. The van der Waals surface area contributed by atoms with E-state index in [9.17, 15) is 22.8 Å². The molecule has 0 unspecified atom stereocenters. The molecule has 6 nitrogen and oxygen atoms in total. The Hall–Kier alpha value is -3.75. The molecule has 2 aromatic carbocycles. The molecule has 2 rings (SSSR count). The van der Waals surface area contributed by atoms with E-state index in [4.69, 9.17) is 4.74 Å². The highest BCUT2D eigenvalue weighted by Gasteiger charge is 2.25. The summed E-state index contributed by atoms with van der Waals surface area (Å²) in [6.07, 6.45) is 0.0907. The lowest BCUT2D eigenvalue weighted by atomic mass is 10.1. The lowest BCUT2D eigenvalue weighted by Gasteiger charge is -2.22. The molecule has 1 N–H and O–H groups in total. The van der Waals surface area contributed by atoms with Gasteiger partial charge in [0.05, 0.1) is 27.1 Å². The minimum absolute atomic E-state index is 0.188. The first-order chi connectivity index (χ1) is 18.0. The third-order valence-electron chi connectivity index (χ3n) is 5.29. The molecule has 0 atom stereocenters. The highest BCUT2D eigenvalue weighted by molar-refractivity contribution is 5.74. The standard InChI is InChI=1S/C16H21F3N2O.C13H16O3/c1-3-21(12-13(2)9-10-16(17,18)19)15(22)20-11-14-7-5-4-6-8-14;1-4-5-11-8-10(9-13(14)16-3)6-7-12(11)15-2/h4-9H,3,10-12H2,1-2H3,(H,20,22);4-8H,9H2,1-3H3/b13-9+;5-4+. The van der Waals surface area contributed by atoms with Crippen molar-refractivity contribution >= 4 is 18.1 Å². The number of allylic oxidation sites excluding steroid dienone is 2. The smallest absolute Gasteiger partial charge is 0.392 e. The summed E-state index contributed by atoms with van der Waals surface area (Å²) >= 11 is 0. The van der Waals surface area contributed by atoms with Crippen molar-refractivity contribution in [2.75, 3.05) is 27.3 Å². The second-order valence-corrected chi connectivity index (χ2v) is 8.36. The molecule has 0 aromatic heterocycles. The molecular formula is C29H37F3N2O4. The summed E-state index contributed by atoms with van der Waals surface area (Å²) < 4.78 is 46.3. The second-order valence-electron chi connectivity index (χ2n) is 8.36. The van der Waals surface area contributed by atoms with Crippen molar-refractivity contribution in [2.45, 2.75) is 46.3 Å². The minimum atomic E-state index is -4.21. The maximum atomic E-state index is 12.2. The molecule has 0 saturated heterocycles. The Kier molecular flexibility index (Phi) is 14.3. The summed E-state index contributed by atoms with van der Waals surface area (Å²) in [6, 6.07) is 14.8. The molecule has 0 aliphatic rings. The van der Waals surface area contributed by atoms with Crippen LogP contribution < -0.4 is 10.1 Å². The molecule has 38 heavy (non-hydrogen) atoms. The number of alkyl halides is 3. The van der Waals surface area contributed by atoms with Crippen LogP contribution in [0.5, 0.6) is 5.75 Å². The summed E-state index contributed by atoms with van der Waals surface area (Å²) in [5.74, 6) is 0.559. The zero-order chi connectivity index (χ0) is 28.6. The van der Waals surface area contributed by atoms with E-state index in [0.717, 1.165) is 28.5 Å².